The first-order valence-electron chi connectivity index (χ1n) is 7.69. The zero-order valence-electron chi connectivity index (χ0n) is 13.1. The van der Waals surface area contributed by atoms with Gasteiger partial charge in [-0.3, -0.25) is 0 Å². The SMILES string of the molecule is C[C@@H](c1ccccc1)c1ccc(N(C)c2ccccc2)cc1. The Hall–Kier alpha value is -2.54. The number of nitrogens with zero attached hydrogens (tertiary/aromatic N) is 1. The number of para-hydroxylation sites is 1. The summed E-state index contributed by atoms with van der Waals surface area (Å²) in [5, 5.41) is 0. The number of hydrogen-bond acceptors (Lipinski definition) is 1. The van der Waals surface area contributed by atoms with Crippen LogP contribution >= 0.6 is 0 Å². The molecule has 0 aliphatic carbocycles. The third-order valence-corrected chi connectivity index (χ3v) is 4.22. The second kappa shape index (κ2) is 6.48. The van der Waals surface area contributed by atoms with Crippen LogP contribution in [0.15, 0.2) is 84.9 Å². The van der Waals surface area contributed by atoms with Gasteiger partial charge in [-0.2, -0.15) is 0 Å². The summed E-state index contributed by atoms with van der Waals surface area (Å²) in [5.41, 5.74) is 5.10. The molecule has 0 N–H and O–H groups in total. The number of benzene rings is 3. The van der Waals surface area contributed by atoms with Crippen molar-refractivity contribution in [2.24, 2.45) is 0 Å². The van der Waals surface area contributed by atoms with Crippen LogP contribution in [0.4, 0.5) is 11.4 Å². The molecule has 3 rings (SSSR count). The van der Waals surface area contributed by atoms with E-state index in [1.807, 2.05) is 6.07 Å². The molecule has 0 unspecified atom stereocenters. The van der Waals surface area contributed by atoms with Gasteiger partial charge in [-0.1, -0.05) is 67.6 Å². The number of hydrogen-bond donors (Lipinski definition) is 0. The molecule has 1 atom stereocenters. The Bertz CT molecular complexity index is 637. The topological polar surface area (TPSA) is 3.24 Å². The Morgan fingerprint density at radius 3 is 1.64 bits per heavy atom. The van der Waals surface area contributed by atoms with E-state index in [9.17, 15) is 0 Å². The maximum Gasteiger partial charge on any atom is 0.0408 e. The van der Waals surface area contributed by atoms with Crippen LogP contribution in [0.5, 0.6) is 0 Å². The molecule has 0 saturated carbocycles. The van der Waals surface area contributed by atoms with Gasteiger partial charge in [0.05, 0.1) is 0 Å². The summed E-state index contributed by atoms with van der Waals surface area (Å²) in [6, 6.07) is 29.9. The molecule has 0 fully saturated rings. The summed E-state index contributed by atoms with van der Waals surface area (Å²) in [7, 11) is 2.10. The Labute approximate surface area is 132 Å². The van der Waals surface area contributed by atoms with Crippen molar-refractivity contribution in [3.8, 4) is 0 Å². The highest BCUT2D eigenvalue weighted by molar-refractivity contribution is 5.62. The van der Waals surface area contributed by atoms with Crippen LogP contribution in [0, 0.1) is 0 Å². The molecule has 3 aromatic rings. The molecule has 0 saturated heterocycles. The van der Waals surface area contributed by atoms with E-state index in [-0.39, 0.29) is 0 Å². The summed E-state index contributed by atoms with van der Waals surface area (Å²) in [6.07, 6.45) is 0. The number of rotatable bonds is 4. The van der Waals surface area contributed by atoms with E-state index in [1.54, 1.807) is 0 Å². The molecular formula is C21H21N. The summed E-state index contributed by atoms with van der Waals surface area (Å²) in [6.45, 7) is 2.26. The fraction of sp³-hybridized carbons (Fsp3) is 0.143. The van der Waals surface area contributed by atoms with Gasteiger partial charge in [0, 0.05) is 24.3 Å². The molecule has 22 heavy (non-hydrogen) atoms. The summed E-state index contributed by atoms with van der Waals surface area (Å²) in [4.78, 5) is 2.21. The van der Waals surface area contributed by atoms with Crippen molar-refractivity contribution in [3.05, 3.63) is 96.1 Å². The largest absolute Gasteiger partial charge is 0.345 e. The van der Waals surface area contributed by atoms with Gasteiger partial charge < -0.3 is 4.90 Å². The van der Waals surface area contributed by atoms with E-state index < -0.39 is 0 Å². The lowest BCUT2D eigenvalue weighted by atomic mass is 9.93. The second-order valence-electron chi connectivity index (χ2n) is 5.62. The summed E-state index contributed by atoms with van der Waals surface area (Å²) >= 11 is 0. The highest BCUT2D eigenvalue weighted by Crippen LogP contribution is 2.28. The van der Waals surface area contributed by atoms with Crippen molar-refractivity contribution in [2.45, 2.75) is 12.8 Å². The highest BCUT2D eigenvalue weighted by Gasteiger charge is 2.09. The van der Waals surface area contributed by atoms with Crippen LogP contribution in [0.1, 0.15) is 24.0 Å². The first-order chi connectivity index (χ1) is 10.8. The van der Waals surface area contributed by atoms with Crippen molar-refractivity contribution in [3.63, 3.8) is 0 Å². The Kier molecular flexibility index (Phi) is 4.24. The van der Waals surface area contributed by atoms with Gasteiger partial charge in [0.25, 0.3) is 0 Å². The molecular weight excluding hydrogens is 266 g/mol. The van der Waals surface area contributed by atoms with Crippen molar-refractivity contribution in [1.82, 2.24) is 0 Å². The van der Waals surface area contributed by atoms with Crippen LogP contribution < -0.4 is 4.90 Å². The quantitative estimate of drug-likeness (QED) is 0.603. The average Bonchev–Trinajstić information content (AvgIpc) is 2.62. The highest BCUT2D eigenvalue weighted by atomic mass is 15.1. The zero-order chi connectivity index (χ0) is 15.4. The van der Waals surface area contributed by atoms with E-state index in [0.717, 1.165) is 0 Å². The maximum atomic E-state index is 2.26. The predicted octanol–water partition coefficient (Wildman–Crippen LogP) is 5.61. The van der Waals surface area contributed by atoms with Gasteiger partial charge >= 0.3 is 0 Å². The smallest absolute Gasteiger partial charge is 0.0408 e. The Balaban J connectivity index is 1.81. The van der Waals surface area contributed by atoms with Gasteiger partial charge in [-0.15, -0.1) is 0 Å². The van der Waals surface area contributed by atoms with Crippen LogP contribution in [0.3, 0.4) is 0 Å². The molecule has 110 valence electrons. The first kappa shape index (κ1) is 14.4. The summed E-state index contributed by atoms with van der Waals surface area (Å²) in [5.74, 6) is 0.414. The standard InChI is InChI=1S/C21H21N/c1-17(18-9-5-3-6-10-18)19-13-15-21(16-14-19)22(2)20-11-7-4-8-12-20/h3-17H,1-2H3/t17-/m0/s1. The van der Waals surface area contributed by atoms with Crippen LogP contribution in [-0.4, -0.2) is 7.05 Å². The average molecular weight is 287 g/mol. The van der Waals surface area contributed by atoms with Crippen molar-refractivity contribution < 1.29 is 0 Å². The third kappa shape index (κ3) is 3.04. The van der Waals surface area contributed by atoms with Crippen LogP contribution in [0.2, 0.25) is 0 Å². The van der Waals surface area contributed by atoms with Crippen molar-refractivity contribution in [1.29, 1.82) is 0 Å². The molecule has 0 spiro atoms. The molecule has 3 aromatic carbocycles. The molecule has 0 amide bonds. The fourth-order valence-electron chi connectivity index (χ4n) is 2.72. The normalized spacial score (nSPS) is 11.9. The van der Waals surface area contributed by atoms with E-state index in [0.29, 0.717) is 5.92 Å². The molecule has 0 bridgehead atoms. The van der Waals surface area contributed by atoms with Gasteiger partial charge in [-0.25, -0.2) is 0 Å². The minimum atomic E-state index is 0.414. The fourth-order valence-corrected chi connectivity index (χ4v) is 2.72. The lowest BCUT2D eigenvalue weighted by Crippen LogP contribution is -2.09. The minimum absolute atomic E-state index is 0.414. The molecule has 1 heteroatoms. The second-order valence-corrected chi connectivity index (χ2v) is 5.62. The molecule has 0 radical (unpaired) electrons. The van der Waals surface area contributed by atoms with Crippen LogP contribution in [0.25, 0.3) is 0 Å². The molecule has 1 nitrogen and oxygen atoms in total. The number of anilines is 2. The first-order valence-corrected chi connectivity index (χ1v) is 7.69. The maximum absolute atomic E-state index is 2.26. The predicted molar refractivity (Wildman–Crippen MR) is 94.9 cm³/mol. The van der Waals surface area contributed by atoms with E-state index >= 15 is 0 Å². The van der Waals surface area contributed by atoms with Gasteiger partial charge in [-0.05, 0) is 35.4 Å². The lowest BCUT2D eigenvalue weighted by molar-refractivity contribution is 0.922. The monoisotopic (exact) mass is 287 g/mol. The van der Waals surface area contributed by atoms with Crippen molar-refractivity contribution in [2.75, 3.05) is 11.9 Å². The van der Waals surface area contributed by atoms with Crippen LogP contribution in [-0.2, 0) is 0 Å². The molecule has 0 aliphatic heterocycles. The van der Waals surface area contributed by atoms with Crippen molar-refractivity contribution >= 4 is 11.4 Å². The van der Waals surface area contributed by atoms with Gasteiger partial charge in [0.2, 0.25) is 0 Å². The molecule has 0 aliphatic rings. The summed E-state index contributed by atoms with van der Waals surface area (Å²) < 4.78 is 0. The van der Waals surface area contributed by atoms with E-state index in [4.69, 9.17) is 0 Å². The molecule has 0 heterocycles. The van der Waals surface area contributed by atoms with Gasteiger partial charge in [0.15, 0.2) is 0 Å². The lowest BCUT2D eigenvalue weighted by Gasteiger charge is -2.20. The zero-order valence-corrected chi connectivity index (χ0v) is 13.1. The van der Waals surface area contributed by atoms with E-state index in [1.165, 1.54) is 22.5 Å². The third-order valence-electron chi connectivity index (χ3n) is 4.22. The Morgan fingerprint density at radius 1 is 0.591 bits per heavy atom. The molecule has 0 aromatic heterocycles. The Morgan fingerprint density at radius 2 is 1.05 bits per heavy atom. The van der Waals surface area contributed by atoms with E-state index in [2.05, 4.69) is 97.7 Å². The van der Waals surface area contributed by atoms with Gasteiger partial charge in [0.1, 0.15) is 0 Å². The minimum Gasteiger partial charge on any atom is -0.345 e.